The van der Waals surface area contributed by atoms with Crippen LogP contribution in [0.1, 0.15) is 90.4 Å². The van der Waals surface area contributed by atoms with Crippen LogP contribution < -0.4 is 17.0 Å². The highest BCUT2D eigenvalue weighted by atomic mass is 79.9. The number of hydrogen-bond donors (Lipinski definition) is 0. The van der Waals surface area contributed by atoms with E-state index in [2.05, 4.69) is 36.9 Å². The summed E-state index contributed by atoms with van der Waals surface area (Å²) in [6.45, 7) is 4.88. The summed E-state index contributed by atoms with van der Waals surface area (Å²) < 4.78 is 1.17. The van der Waals surface area contributed by atoms with Crippen LogP contribution in [0.2, 0.25) is 0 Å². The average Bonchev–Trinajstić information content (AvgIpc) is 2.44. The molecule has 1 nitrogen and oxygen atoms in total. The summed E-state index contributed by atoms with van der Waals surface area (Å²) in [6.07, 6.45) is 18.8. The fraction of sp³-hybridized carbons (Fsp3) is 1.00. The van der Waals surface area contributed by atoms with E-state index >= 15 is 0 Å². The van der Waals surface area contributed by atoms with Gasteiger partial charge in [0.05, 0.1) is 32.5 Å². The highest BCUT2D eigenvalue weighted by molar-refractivity contribution is 9.09. The molecule has 0 atom stereocenters. The summed E-state index contributed by atoms with van der Waals surface area (Å²) in [5.74, 6) is 0. The highest BCUT2D eigenvalue weighted by Crippen LogP contribution is 2.13. The summed E-state index contributed by atoms with van der Waals surface area (Å²) in [7, 11) is 4.70. The lowest BCUT2D eigenvalue weighted by Crippen LogP contribution is -3.00. The minimum absolute atomic E-state index is 0. The lowest BCUT2D eigenvalue weighted by atomic mass is 10.0. The lowest BCUT2D eigenvalue weighted by Gasteiger charge is -2.29. The molecule has 0 aliphatic rings. The molecule has 0 aromatic rings. The Labute approximate surface area is 160 Å². The summed E-state index contributed by atoms with van der Waals surface area (Å²) >= 11 is 3.55. The SMILES string of the molecule is CCCCCCCCCCCCCCC[N+](C)(C)CCBr.[Br-]. The zero-order valence-corrected chi connectivity index (χ0v) is 18.7. The normalized spacial score (nSPS) is 11.5. The molecule has 0 amide bonds. The predicted octanol–water partition coefficient (Wildman–Crippen LogP) is 3.55. The zero-order chi connectivity index (χ0) is 15.8. The van der Waals surface area contributed by atoms with Crippen molar-refractivity contribution < 1.29 is 21.5 Å². The van der Waals surface area contributed by atoms with Crippen molar-refractivity contribution in [1.29, 1.82) is 0 Å². The molecule has 0 heterocycles. The van der Waals surface area contributed by atoms with Gasteiger partial charge in [0, 0.05) is 0 Å². The molecule has 0 aromatic heterocycles. The van der Waals surface area contributed by atoms with Gasteiger partial charge in [0.25, 0.3) is 0 Å². The van der Waals surface area contributed by atoms with Crippen molar-refractivity contribution in [1.82, 2.24) is 0 Å². The summed E-state index contributed by atoms with van der Waals surface area (Å²) in [4.78, 5) is 0. The minimum atomic E-state index is 0. The topological polar surface area (TPSA) is 0 Å². The quantitative estimate of drug-likeness (QED) is 0.195. The number of rotatable bonds is 16. The first kappa shape index (κ1) is 25.2. The Morgan fingerprint density at radius 1 is 0.591 bits per heavy atom. The van der Waals surface area contributed by atoms with E-state index in [0.29, 0.717) is 0 Å². The Balaban J connectivity index is 0. The molecule has 0 bridgehead atoms. The average molecular weight is 443 g/mol. The van der Waals surface area contributed by atoms with Crippen LogP contribution in [0, 0.1) is 0 Å². The molecule has 0 saturated carbocycles. The van der Waals surface area contributed by atoms with Gasteiger partial charge in [-0.25, -0.2) is 0 Å². The highest BCUT2D eigenvalue weighted by Gasteiger charge is 2.12. The van der Waals surface area contributed by atoms with Crippen molar-refractivity contribution in [3.63, 3.8) is 0 Å². The first-order valence-electron chi connectivity index (χ1n) is 9.50. The van der Waals surface area contributed by atoms with Gasteiger partial charge in [0.15, 0.2) is 0 Å². The third-order valence-corrected chi connectivity index (χ3v) is 4.91. The van der Waals surface area contributed by atoms with Crippen LogP contribution in [0.15, 0.2) is 0 Å². The van der Waals surface area contributed by atoms with Crippen molar-refractivity contribution >= 4 is 15.9 Å². The van der Waals surface area contributed by atoms with Crippen LogP contribution in [0.4, 0.5) is 0 Å². The number of unbranched alkanes of at least 4 members (excludes halogenated alkanes) is 12. The van der Waals surface area contributed by atoms with E-state index in [1.54, 1.807) is 0 Å². The molecule has 0 fully saturated rings. The van der Waals surface area contributed by atoms with Crippen LogP contribution in [0.5, 0.6) is 0 Å². The maximum atomic E-state index is 3.55. The standard InChI is InChI=1S/C19H41BrN.BrH/c1-4-5-6-7-8-9-10-11-12-13-14-15-16-18-21(2,3)19-17-20;/h4-19H2,1-3H3;1H/q+1;/p-1. The molecule has 0 aliphatic carbocycles. The van der Waals surface area contributed by atoms with Crippen LogP contribution in [-0.4, -0.2) is 37.0 Å². The smallest absolute Gasteiger partial charge is 0.0880 e. The third-order valence-electron chi connectivity index (χ3n) is 4.56. The van der Waals surface area contributed by atoms with Gasteiger partial charge in [-0.1, -0.05) is 93.5 Å². The third kappa shape index (κ3) is 19.0. The Hall–Kier alpha value is 0.920. The van der Waals surface area contributed by atoms with Crippen molar-refractivity contribution in [2.24, 2.45) is 0 Å². The van der Waals surface area contributed by atoms with E-state index < -0.39 is 0 Å². The van der Waals surface area contributed by atoms with E-state index in [1.807, 2.05) is 0 Å². The summed E-state index contributed by atoms with van der Waals surface area (Å²) in [5.41, 5.74) is 0. The van der Waals surface area contributed by atoms with E-state index in [4.69, 9.17) is 0 Å². The molecule has 0 N–H and O–H groups in total. The summed E-state index contributed by atoms with van der Waals surface area (Å²) in [6, 6.07) is 0. The van der Waals surface area contributed by atoms with E-state index in [9.17, 15) is 0 Å². The molecule has 0 saturated heterocycles. The molecular formula is C19H41Br2N. The number of quaternary nitrogens is 1. The maximum Gasteiger partial charge on any atom is 0.0880 e. The number of hydrogen-bond acceptors (Lipinski definition) is 0. The molecular weight excluding hydrogens is 402 g/mol. The monoisotopic (exact) mass is 441 g/mol. The maximum absolute atomic E-state index is 3.55. The molecule has 0 spiro atoms. The van der Waals surface area contributed by atoms with E-state index in [0.717, 1.165) is 5.33 Å². The number of nitrogens with zero attached hydrogens (tertiary/aromatic N) is 1. The molecule has 0 rings (SSSR count). The largest absolute Gasteiger partial charge is 1.00 e. The lowest BCUT2D eigenvalue weighted by molar-refractivity contribution is -0.887. The first-order chi connectivity index (χ1) is 10.1. The van der Waals surface area contributed by atoms with Crippen LogP contribution in [-0.2, 0) is 0 Å². The van der Waals surface area contributed by atoms with Crippen LogP contribution in [0.25, 0.3) is 0 Å². The van der Waals surface area contributed by atoms with Gasteiger partial charge in [-0.3, -0.25) is 0 Å². The second-order valence-corrected chi connectivity index (χ2v) is 8.11. The fourth-order valence-electron chi connectivity index (χ4n) is 2.90. The Kier molecular flexibility index (Phi) is 20.9. The Morgan fingerprint density at radius 3 is 1.32 bits per heavy atom. The first-order valence-corrected chi connectivity index (χ1v) is 10.6. The van der Waals surface area contributed by atoms with Gasteiger partial charge in [-0.2, -0.15) is 0 Å². The van der Waals surface area contributed by atoms with E-state index in [1.165, 1.54) is 101 Å². The van der Waals surface area contributed by atoms with Gasteiger partial charge in [-0.05, 0) is 12.8 Å². The molecule has 0 aliphatic heterocycles. The van der Waals surface area contributed by atoms with Gasteiger partial charge in [-0.15, -0.1) is 0 Å². The zero-order valence-electron chi connectivity index (χ0n) is 15.5. The van der Waals surface area contributed by atoms with Gasteiger partial charge in [0.1, 0.15) is 0 Å². The molecule has 0 unspecified atom stereocenters. The van der Waals surface area contributed by atoms with Crippen molar-refractivity contribution in [3.8, 4) is 0 Å². The molecule has 3 heteroatoms. The number of halogens is 2. The van der Waals surface area contributed by atoms with Gasteiger partial charge in [0.2, 0.25) is 0 Å². The molecule has 22 heavy (non-hydrogen) atoms. The molecule has 136 valence electrons. The van der Waals surface area contributed by atoms with Crippen LogP contribution in [0.3, 0.4) is 0 Å². The molecule has 0 radical (unpaired) electrons. The van der Waals surface area contributed by atoms with Crippen LogP contribution >= 0.6 is 15.9 Å². The Morgan fingerprint density at radius 2 is 0.955 bits per heavy atom. The molecule has 0 aromatic carbocycles. The Bertz CT molecular complexity index is 208. The van der Waals surface area contributed by atoms with Gasteiger partial charge < -0.3 is 21.5 Å². The second kappa shape index (κ2) is 18.3. The van der Waals surface area contributed by atoms with Crippen molar-refractivity contribution in [2.45, 2.75) is 90.4 Å². The second-order valence-electron chi connectivity index (χ2n) is 7.31. The van der Waals surface area contributed by atoms with E-state index in [-0.39, 0.29) is 17.0 Å². The predicted molar refractivity (Wildman–Crippen MR) is 101 cm³/mol. The number of alkyl halides is 1. The van der Waals surface area contributed by atoms with Crippen molar-refractivity contribution in [2.75, 3.05) is 32.5 Å². The minimum Gasteiger partial charge on any atom is -1.00 e. The van der Waals surface area contributed by atoms with Crippen molar-refractivity contribution in [3.05, 3.63) is 0 Å². The fourth-order valence-corrected chi connectivity index (χ4v) is 3.86. The summed E-state index contributed by atoms with van der Waals surface area (Å²) in [5, 5.41) is 1.12. The van der Waals surface area contributed by atoms with Gasteiger partial charge >= 0.3 is 0 Å².